The molecule has 2 aromatic rings. The van der Waals surface area contributed by atoms with Crippen LogP contribution in [-0.2, 0) is 16.0 Å². The Kier molecular flexibility index (Phi) is 6.32. The van der Waals surface area contributed by atoms with E-state index < -0.39 is 11.9 Å². The Labute approximate surface area is 152 Å². The van der Waals surface area contributed by atoms with Crippen molar-refractivity contribution < 1.29 is 14.7 Å². The highest BCUT2D eigenvalue weighted by atomic mass is 79.9. The van der Waals surface area contributed by atoms with E-state index in [1.54, 1.807) is 48.5 Å². The number of carboxylic acid groups (broad SMARTS) is 1. The van der Waals surface area contributed by atoms with Gasteiger partial charge in [0.25, 0.3) is 5.91 Å². The van der Waals surface area contributed by atoms with E-state index in [-0.39, 0.29) is 12.0 Å². The summed E-state index contributed by atoms with van der Waals surface area (Å²) in [6.45, 7) is 0. The number of anilines is 2. The van der Waals surface area contributed by atoms with E-state index in [9.17, 15) is 9.59 Å². The van der Waals surface area contributed by atoms with Gasteiger partial charge in [-0.3, -0.25) is 9.59 Å². The zero-order valence-electron chi connectivity index (χ0n) is 13.0. The van der Waals surface area contributed by atoms with Gasteiger partial charge in [-0.2, -0.15) is 5.26 Å². The third kappa shape index (κ3) is 5.79. The Morgan fingerprint density at radius 1 is 1.08 bits per heavy atom. The van der Waals surface area contributed by atoms with Crippen LogP contribution >= 0.6 is 15.9 Å². The summed E-state index contributed by atoms with van der Waals surface area (Å²) in [5.41, 5.74) is 1.79. The van der Waals surface area contributed by atoms with Crippen LogP contribution in [-0.4, -0.2) is 17.0 Å². The molecule has 0 saturated carbocycles. The number of amides is 1. The number of hydrogen-bond acceptors (Lipinski definition) is 4. The molecule has 0 fully saturated rings. The van der Waals surface area contributed by atoms with Crippen molar-refractivity contribution in [2.75, 3.05) is 10.6 Å². The fraction of sp³-hybridized carbons (Fsp3) is 0.0556. The fourth-order valence-corrected chi connectivity index (χ4v) is 2.19. The third-order valence-corrected chi connectivity index (χ3v) is 3.69. The first-order valence-corrected chi connectivity index (χ1v) is 8.01. The predicted molar refractivity (Wildman–Crippen MR) is 97.9 cm³/mol. The van der Waals surface area contributed by atoms with Crippen molar-refractivity contribution in [3.63, 3.8) is 0 Å². The number of rotatable bonds is 6. The van der Waals surface area contributed by atoms with Crippen molar-refractivity contribution in [3.05, 3.63) is 70.3 Å². The molecule has 126 valence electrons. The number of benzene rings is 2. The number of carboxylic acids is 1. The van der Waals surface area contributed by atoms with Gasteiger partial charge < -0.3 is 15.7 Å². The minimum Gasteiger partial charge on any atom is -0.481 e. The molecule has 0 spiro atoms. The van der Waals surface area contributed by atoms with Crippen LogP contribution in [0.3, 0.4) is 0 Å². The van der Waals surface area contributed by atoms with E-state index in [0.29, 0.717) is 16.9 Å². The molecule has 0 aliphatic carbocycles. The van der Waals surface area contributed by atoms with E-state index in [0.717, 1.165) is 4.47 Å². The van der Waals surface area contributed by atoms with Gasteiger partial charge in [0.1, 0.15) is 11.6 Å². The Hall–Kier alpha value is -3.11. The van der Waals surface area contributed by atoms with E-state index in [1.807, 2.05) is 6.07 Å². The van der Waals surface area contributed by atoms with E-state index in [2.05, 4.69) is 26.6 Å². The van der Waals surface area contributed by atoms with Gasteiger partial charge in [-0.1, -0.05) is 28.1 Å². The number of aliphatic carboxylic acids is 1. The first-order valence-electron chi connectivity index (χ1n) is 7.22. The number of nitrogens with zero attached hydrogens (tertiary/aromatic N) is 1. The predicted octanol–water partition coefficient (Wildman–Crippen LogP) is 3.53. The van der Waals surface area contributed by atoms with Crippen LogP contribution in [0.25, 0.3) is 0 Å². The lowest BCUT2D eigenvalue weighted by Crippen LogP contribution is -2.14. The Bertz CT molecular complexity index is 837. The van der Waals surface area contributed by atoms with Gasteiger partial charge in [-0.15, -0.1) is 0 Å². The monoisotopic (exact) mass is 399 g/mol. The minimum absolute atomic E-state index is 0.0604. The highest BCUT2D eigenvalue weighted by Crippen LogP contribution is 2.15. The van der Waals surface area contributed by atoms with Crippen LogP contribution in [0.5, 0.6) is 0 Å². The lowest BCUT2D eigenvalue weighted by atomic mass is 10.1. The second-order valence-electron chi connectivity index (χ2n) is 5.04. The average molecular weight is 400 g/mol. The summed E-state index contributed by atoms with van der Waals surface area (Å²) in [6.07, 6.45) is 1.25. The van der Waals surface area contributed by atoms with Crippen LogP contribution in [0.4, 0.5) is 11.4 Å². The summed E-state index contributed by atoms with van der Waals surface area (Å²) >= 11 is 3.30. The molecular weight excluding hydrogens is 386 g/mol. The standard InChI is InChI=1S/C18H14BrN3O3/c19-14-3-7-16(8-4-14)22-18(25)13(10-20)11-21-15-5-1-12(2-6-15)9-17(23)24/h1-8,11,21H,9H2,(H,22,25)(H,23,24)/b13-11-. The number of carbonyl (C=O) groups is 2. The van der Waals surface area contributed by atoms with Crippen LogP contribution in [0.2, 0.25) is 0 Å². The molecule has 3 N–H and O–H groups in total. The first-order chi connectivity index (χ1) is 12.0. The maximum atomic E-state index is 12.1. The van der Waals surface area contributed by atoms with Crippen molar-refractivity contribution in [2.45, 2.75) is 6.42 Å². The van der Waals surface area contributed by atoms with Crippen molar-refractivity contribution in [3.8, 4) is 6.07 Å². The molecule has 0 aliphatic rings. The Morgan fingerprint density at radius 2 is 1.68 bits per heavy atom. The number of nitriles is 1. The van der Waals surface area contributed by atoms with Crippen molar-refractivity contribution in [1.29, 1.82) is 5.26 Å². The molecule has 0 unspecified atom stereocenters. The summed E-state index contributed by atoms with van der Waals surface area (Å²) < 4.78 is 0.884. The molecule has 0 radical (unpaired) electrons. The highest BCUT2D eigenvalue weighted by molar-refractivity contribution is 9.10. The summed E-state index contributed by atoms with van der Waals surface area (Å²) in [5, 5.41) is 23.4. The number of halogens is 1. The smallest absolute Gasteiger partial charge is 0.307 e. The van der Waals surface area contributed by atoms with E-state index in [4.69, 9.17) is 10.4 Å². The molecule has 0 aromatic heterocycles. The summed E-state index contributed by atoms with van der Waals surface area (Å²) in [5.74, 6) is -1.43. The molecule has 0 heterocycles. The summed E-state index contributed by atoms with van der Waals surface area (Å²) in [7, 11) is 0. The van der Waals surface area contributed by atoms with Crippen molar-refractivity contribution in [1.82, 2.24) is 0 Å². The van der Waals surface area contributed by atoms with Gasteiger partial charge in [0.15, 0.2) is 0 Å². The van der Waals surface area contributed by atoms with Gasteiger partial charge in [0.2, 0.25) is 0 Å². The minimum atomic E-state index is -0.906. The van der Waals surface area contributed by atoms with Gasteiger partial charge in [-0.25, -0.2) is 0 Å². The summed E-state index contributed by atoms with van der Waals surface area (Å²) in [6, 6.07) is 15.5. The molecule has 25 heavy (non-hydrogen) atoms. The molecule has 1 amide bonds. The first kappa shape index (κ1) is 18.2. The second-order valence-corrected chi connectivity index (χ2v) is 5.96. The van der Waals surface area contributed by atoms with Gasteiger partial charge in [0.05, 0.1) is 6.42 Å². The zero-order valence-corrected chi connectivity index (χ0v) is 14.6. The lowest BCUT2D eigenvalue weighted by molar-refractivity contribution is -0.136. The fourth-order valence-electron chi connectivity index (χ4n) is 1.93. The van der Waals surface area contributed by atoms with Crippen molar-refractivity contribution in [2.24, 2.45) is 0 Å². The molecule has 7 heteroatoms. The van der Waals surface area contributed by atoms with E-state index in [1.165, 1.54) is 6.20 Å². The van der Waals surface area contributed by atoms with Gasteiger partial charge in [-0.05, 0) is 42.0 Å². The Balaban J connectivity index is 2.01. The average Bonchev–Trinajstić information content (AvgIpc) is 2.58. The van der Waals surface area contributed by atoms with Gasteiger partial charge in [0, 0.05) is 22.0 Å². The third-order valence-electron chi connectivity index (χ3n) is 3.16. The molecule has 0 bridgehead atoms. The van der Waals surface area contributed by atoms with Crippen LogP contribution < -0.4 is 10.6 Å². The highest BCUT2D eigenvalue weighted by Gasteiger charge is 2.09. The topological polar surface area (TPSA) is 102 Å². The quantitative estimate of drug-likeness (QED) is 0.509. The van der Waals surface area contributed by atoms with Crippen LogP contribution in [0.1, 0.15) is 5.56 Å². The molecule has 6 nitrogen and oxygen atoms in total. The second kappa shape index (κ2) is 8.66. The maximum absolute atomic E-state index is 12.1. The lowest BCUT2D eigenvalue weighted by Gasteiger charge is -2.06. The number of carbonyl (C=O) groups excluding carboxylic acids is 1. The number of hydrogen-bond donors (Lipinski definition) is 3. The van der Waals surface area contributed by atoms with Crippen LogP contribution in [0.15, 0.2) is 64.8 Å². The van der Waals surface area contributed by atoms with Gasteiger partial charge >= 0.3 is 5.97 Å². The zero-order chi connectivity index (χ0) is 18.2. The Morgan fingerprint density at radius 3 is 2.24 bits per heavy atom. The molecular formula is C18H14BrN3O3. The van der Waals surface area contributed by atoms with E-state index >= 15 is 0 Å². The normalized spacial score (nSPS) is 10.6. The molecule has 0 aliphatic heterocycles. The molecule has 2 aromatic carbocycles. The van der Waals surface area contributed by atoms with Crippen LogP contribution in [0, 0.1) is 11.3 Å². The van der Waals surface area contributed by atoms with Crippen molar-refractivity contribution >= 4 is 39.2 Å². The number of nitrogens with one attached hydrogen (secondary N) is 2. The SMILES string of the molecule is N#C/C(=C/Nc1ccc(CC(=O)O)cc1)C(=O)Nc1ccc(Br)cc1. The largest absolute Gasteiger partial charge is 0.481 e. The maximum Gasteiger partial charge on any atom is 0.307 e. The molecule has 0 atom stereocenters. The molecule has 0 saturated heterocycles. The molecule has 2 rings (SSSR count). The summed E-state index contributed by atoms with van der Waals surface area (Å²) in [4.78, 5) is 22.7.